The monoisotopic (exact) mass is 256 g/mol. The first-order chi connectivity index (χ1) is 7.76. The zero-order valence-corrected chi connectivity index (χ0v) is 11.5. The molecule has 0 spiro atoms. The second-order valence-electron chi connectivity index (χ2n) is 4.47. The normalized spacial score (nSPS) is 15.9. The van der Waals surface area contributed by atoms with Gasteiger partial charge in [-0.05, 0) is 19.4 Å². The van der Waals surface area contributed by atoms with Crippen molar-refractivity contribution in [3.05, 3.63) is 35.4 Å². The van der Waals surface area contributed by atoms with Crippen LogP contribution in [0, 0.1) is 6.92 Å². The average Bonchev–Trinajstić information content (AvgIpc) is 2.27. The molecule has 4 nitrogen and oxygen atoms in total. The lowest BCUT2D eigenvalue weighted by molar-refractivity contribution is 0.495. The molecule has 0 radical (unpaired) electrons. The summed E-state index contributed by atoms with van der Waals surface area (Å²) in [6.45, 7) is 3.62. The Labute approximate surface area is 103 Å². The Morgan fingerprint density at radius 3 is 2.06 bits per heavy atom. The molecule has 17 heavy (non-hydrogen) atoms. The summed E-state index contributed by atoms with van der Waals surface area (Å²) in [5.74, 6) is 0. The van der Waals surface area contributed by atoms with Crippen LogP contribution in [0.15, 0.2) is 24.3 Å². The SMILES string of the molecule is Cc1ccc(C(N)C(C)S(=O)(=O)N(C)C)cc1. The average molecular weight is 256 g/mol. The highest BCUT2D eigenvalue weighted by Crippen LogP contribution is 2.21. The quantitative estimate of drug-likeness (QED) is 0.882. The van der Waals surface area contributed by atoms with Crippen LogP contribution in [-0.2, 0) is 10.0 Å². The standard InChI is InChI=1S/C12H20N2O2S/c1-9-5-7-11(8-6-9)12(13)10(2)17(15,16)14(3)4/h5-8,10,12H,13H2,1-4H3. The third-order valence-electron chi connectivity index (χ3n) is 2.95. The van der Waals surface area contributed by atoms with Gasteiger partial charge in [0, 0.05) is 20.1 Å². The van der Waals surface area contributed by atoms with Crippen LogP contribution in [0.25, 0.3) is 0 Å². The van der Waals surface area contributed by atoms with E-state index in [4.69, 9.17) is 5.73 Å². The van der Waals surface area contributed by atoms with Gasteiger partial charge in [-0.15, -0.1) is 0 Å². The van der Waals surface area contributed by atoms with E-state index in [1.54, 1.807) is 6.92 Å². The maximum absolute atomic E-state index is 12.0. The molecule has 0 saturated carbocycles. The fourth-order valence-electron chi connectivity index (χ4n) is 1.58. The van der Waals surface area contributed by atoms with Crippen molar-refractivity contribution in [1.29, 1.82) is 0 Å². The number of aryl methyl sites for hydroxylation is 1. The van der Waals surface area contributed by atoms with Crippen LogP contribution in [0.5, 0.6) is 0 Å². The Morgan fingerprint density at radius 1 is 1.18 bits per heavy atom. The molecule has 0 aromatic heterocycles. The van der Waals surface area contributed by atoms with E-state index in [1.165, 1.54) is 18.4 Å². The summed E-state index contributed by atoms with van der Waals surface area (Å²) in [6.07, 6.45) is 0. The van der Waals surface area contributed by atoms with Crippen LogP contribution in [0.1, 0.15) is 24.1 Å². The predicted octanol–water partition coefficient (Wildman–Crippen LogP) is 1.27. The van der Waals surface area contributed by atoms with Crippen LogP contribution in [-0.4, -0.2) is 32.1 Å². The fraction of sp³-hybridized carbons (Fsp3) is 0.500. The van der Waals surface area contributed by atoms with E-state index in [0.29, 0.717) is 0 Å². The minimum atomic E-state index is -3.33. The van der Waals surface area contributed by atoms with E-state index in [1.807, 2.05) is 31.2 Å². The maximum atomic E-state index is 12.0. The van der Waals surface area contributed by atoms with Gasteiger partial charge in [-0.25, -0.2) is 12.7 Å². The van der Waals surface area contributed by atoms with Gasteiger partial charge < -0.3 is 5.73 Å². The van der Waals surface area contributed by atoms with E-state index in [-0.39, 0.29) is 0 Å². The molecule has 5 heteroatoms. The molecule has 1 rings (SSSR count). The van der Waals surface area contributed by atoms with Crippen molar-refractivity contribution in [3.63, 3.8) is 0 Å². The first-order valence-electron chi connectivity index (χ1n) is 5.50. The van der Waals surface area contributed by atoms with Gasteiger partial charge in [0.05, 0.1) is 5.25 Å². The van der Waals surface area contributed by atoms with Crippen molar-refractivity contribution in [1.82, 2.24) is 4.31 Å². The molecule has 0 amide bonds. The summed E-state index contributed by atoms with van der Waals surface area (Å²) in [5.41, 5.74) is 7.98. The van der Waals surface area contributed by atoms with Gasteiger partial charge in [-0.3, -0.25) is 0 Å². The van der Waals surface area contributed by atoms with Crippen molar-refractivity contribution < 1.29 is 8.42 Å². The third kappa shape index (κ3) is 3.06. The Balaban J connectivity index is 2.98. The molecule has 0 aliphatic heterocycles. The van der Waals surface area contributed by atoms with E-state index < -0.39 is 21.3 Å². The largest absolute Gasteiger partial charge is 0.323 e. The number of nitrogens with zero attached hydrogens (tertiary/aromatic N) is 1. The van der Waals surface area contributed by atoms with Crippen LogP contribution in [0.3, 0.4) is 0 Å². The Hall–Kier alpha value is -0.910. The number of nitrogens with two attached hydrogens (primary N) is 1. The zero-order chi connectivity index (χ0) is 13.2. The Bertz CT molecular complexity index is 466. The molecule has 2 atom stereocenters. The fourth-order valence-corrected chi connectivity index (χ4v) is 2.77. The summed E-state index contributed by atoms with van der Waals surface area (Å²) in [7, 11) is -0.283. The van der Waals surface area contributed by atoms with Crippen molar-refractivity contribution in [2.75, 3.05) is 14.1 Å². The summed E-state index contributed by atoms with van der Waals surface area (Å²) in [6, 6.07) is 7.11. The molecule has 1 aromatic rings. The number of benzene rings is 1. The van der Waals surface area contributed by atoms with Crippen LogP contribution in [0.2, 0.25) is 0 Å². The first kappa shape index (κ1) is 14.2. The van der Waals surface area contributed by atoms with Gasteiger partial charge in [0.25, 0.3) is 0 Å². The number of hydrogen-bond acceptors (Lipinski definition) is 3. The second-order valence-corrected chi connectivity index (χ2v) is 6.97. The lowest BCUT2D eigenvalue weighted by Gasteiger charge is -2.23. The van der Waals surface area contributed by atoms with Gasteiger partial charge in [0.2, 0.25) is 10.0 Å². The molecule has 0 saturated heterocycles. The highest BCUT2D eigenvalue weighted by atomic mass is 32.2. The number of hydrogen-bond donors (Lipinski definition) is 1. The lowest BCUT2D eigenvalue weighted by atomic mass is 10.0. The summed E-state index contributed by atoms with van der Waals surface area (Å²) in [4.78, 5) is 0. The van der Waals surface area contributed by atoms with Gasteiger partial charge in [-0.2, -0.15) is 0 Å². The van der Waals surface area contributed by atoms with Crippen molar-refractivity contribution >= 4 is 10.0 Å². The Morgan fingerprint density at radius 2 is 1.65 bits per heavy atom. The van der Waals surface area contributed by atoms with Crippen LogP contribution in [0.4, 0.5) is 0 Å². The van der Waals surface area contributed by atoms with Gasteiger partial charge in [0.15, 0.2) is 0 Å². The minimum Gasteiger partial charge on any atom is -0.323 e. The molecule has 0 bridgehead atoms. The van der Waals surface area contributed by atoms with E-state index in [0.717, 1.165) is 11.1 Å². The maximum Gasteiger partial charge on any atom is 0.218 e. The molecular weight excluding hydrogens is 236 g/mol. The van der Waals surface area contributed by atoms with Gasteiger partial charge >= 0.3 is 0 Å². The molecule has 0 fully saturated rings. The van der Waals surface area contributed by atoms with Crippen molar-refractivity contribution in [2.24, 2.45) is 5.73 Å². The molecule has 96 valence electrons. The predicted molar refractivity (Wildman–Crippen MR) is 70.2 cm³/mol. The van der Waals surface area contributed by atoms with Crippen LogP contribution < -0.4 is 5.73 Å². The summed E-state index contributed by atoms with van der Waals surface area (Å²) >= 11 is 0. The second kappa shape index (κ2) is 5.16. The summed E-state index contributed by atoms with van der Waals surface area (Å²) < 4.78 is 25.1. The highest BCUT2D eigenvalue weighted by molar-refractivity contribution is 7.89. The molecule has 2 N–H and O–H groups in total. The zero-order valence-electron chi connectivity index (χ0n) is 10.7. The molecule has 0 aliphatic carbocycles. The smallest absolute Gasteiger partial charge is 0.218 e. The van der Waals surface area contributed by atoms with E-state index in [2.05, 4.69) is 0 Å². The van der Waals surface area contributed by atoms with Crippen molar-refractivity contribution in [2.45, 2.75) is 25.1 Å². The summed E-state index contributed by atoms with van der Waals surface area (Å²) in [5, 5.41) is -0.639. The Kier molecular flexibility index (Phi) is 4.30. The molecule has 1 aromatic carbocycles. The molecule has 2 unspecified atom stereocenters. The third-order valence-corrected chi connectivity index (χ3v) is 5.20. The molecule has 0 heterocycles. The van der Waals surface area contributed by atoms with Gasteiger partial charge in [0.1, 0.15) is 0 Å². The van der Waals surface area contributed by atoms with Crippen LogP contribution >= 0.6 is 0 Å². The number of rotatable bonds is 4. The highest BCUT2D eigenvalue weighted by Gasteiger charge is 2.29. The molecular formula is C12H20N2O2S. The number of sulfonamides is 1. The molecule has 0 aliphatic rings. The van der Waals surface area contributed by atoms with E-state index in [9.17, 15) is 8.42 Å². The minimum absolute atomic E-state index is 0.511. The topological polar surface area (TPSA) is 63.4 Å². The van der Waals surface area contributed by atoms with Crippen molar-refractivity contribution in [3.8, 4) is 0 Å². The first-order valence-corrected chi connectivity index (χ1v) is 7.00. The lowest BCUT2D eigenvalue weighted by Crippen LogP contribution is -2.38. The van der Waals surface area contributed by atoms with Gasteiger partial charge in [-0.1, -0.05) is 29.8 Å². The van der Waals surface area contributed by atoms with E-state index >= 15 is 0 Å².